The molecule has 0 amide bonds. The van der Waals surface area contributed by atoms with Crippen molar-refractivity contribution in [3.05, 3.63) is 40.1 Å². The standard InChI is InChI=1S/C14H15Cl2N3/c1-8(2)12-13(18-7-19-14(12)17-3)10-6-9(15)4-5-11(10)16/h4-8H,1-3H3,(H,17,18,19). The van der Waals surface area contributed by atoms with Gasteiger partial charge in [0.15, 0.2) is 0 Å². The highest BCUT2D eigenvalue weighted by atomic mass is 35.5. The summed E-state index contributed by atoms with van der Waals surface area (Å²) in [5.41, 5.74) is 2.69. The van der Waals surface area contributed by atoms with Crippen LogP contribution in [0.4, 0.5) is 5.82 Å². The lowest BCUT2D eigenvalue weighted by atomic mass is 9.97. The molecule has 2 rings (SSSR count). The van der Waals surface area contributed by atoms with E-state index < -0.39 is 0 Å². The van der Waals surface area contributed by atoms with Crippen molar-refractivity contribution in [2.45, 2.75) is 19.8 Å². The van der Waals surface area contributed by atoms with Gasteiger partial charge in [0.25, 0.3) is 0 Å². The number of benzene rings is 1. The largest absolute Gasteiger partial charge is 0.373 e. The molecule has 1 N–H and O–H groups in total. The van der Waals surface area contributed by atoms with Crippen LogP contribution in [0.1, 0.15) is 25.3 Å². The first kappa shape index (κ1) is 14.1. The Morgan fingerprint density at radius 2 is 1.89 bits per heavy atom. The zero-order valence-electron chi connectivity index (χ0n) is 11.0. The van der Waals surface area contributed by atoms with Gasteiger partial charge in [0.2, 0.25) is 0 Å². The number of hydrogen-bond donors (Lipinski definition) is 1. The Morgan fingerprint density at radius 3 is 2.53 bits per heavy atom. The fourth-order valence-corrected chi connectivity index (χ4v) is 2.41. The van der Waals surface area contributed by atoms with Gasteiger partial charge in [0.1, 0.15) is 12.1 Å². The molecule has 0 radical (unpaired) electrons. The van der Waals surface area contributed by atoms with Gasteiger partial charge in [-0.1, -0.05) is 37.0 Å². The molecule has 0 atom stereocenters. The number of anilines is 1. The Morgan fingerprint density at radius 1 is 1.16 bits per heavy atom. The number of rotatable bonds is 3. The van der Waals surface area contributed by atoms with Crippen molar-refractivity contribution in [2.24, 2.45) is 0 Å². The van der Waals surface area contributed by atoms with E-state index in [2.05, 4.69) is 29.1 Å². The minimum atomic E-state index is 0.272. The first-order chi connectivity index (χ1) is 9.04. The summed E-state index contributed by atoms with van der Waals surface area (Å²) in [4.78, 5) is 8.64. The van der Waals surface area contributed by atoms with E-state index >= 15 is 0 Å². The molecular formula is C14H15Cl2N3. The summed E-state index contributed by atoms with van der Waals surface area (Å²) in [7, 11) is 1.84. The van der Waals surface area contributed by atoms with Gasteiger partial charge in [-0.25, -0.2) is 9.97 Å². The van der Waals surface area contributed by atoms with Gasteiger partial charge < -0.3 is 5.32 Å². The highest BCUT2D eigenvalue weighted by Gasteiger charge is 2.17. The molecule has 100 valence electrons. The van der Waals surface area contributed by atoms with Gasteiger partial charge in [-0.05, 0) is 24.1 Å². The van der Waals surface area contributed by atoms with Crippen LogP contribution in [0.3, 0.4) is 0 Å². The molecule has 3 nitrogen and oxygen atoms in total. The fourth-order valence-electron chi connectivity index (χ4n) is 2.04. The van der Waals surface area contributed by atoms with Gasteiger partial charge in [0, 0.05) is 23.2 Å². The van der Waals surface area contributed by atoms with Gasteiger partial charge >= 0.3 is 0 Å². The van der Waals surface area contributed by atoms with Crippen molar-refractivity contribution in [1.82, 2.24) is 9.97 Å². The minimum Gasteiger partial charge on any atom is -0.373 e. The molecule has 0 saturated carbocycles. The van der Waals surface area contributed by atoms with Crippen molar-refractivity contribution in [1.29, 1.82) is 0 Å². The van der Waals surface area contributed by atoms with Crippen LogP contribution in [0.5, 0.6) is 0 Å². The second-order valence-corrected chi connectivity index (χ2v) is 5.36. The maximum absolute atomic E-state index is 6.26. The van der Waals surface area contributed by atoms with Gasteiger partial charge in [-0.15, -0.1) is 0 Å². The van der Waals surface area contributed by atoms with Crippen LogP contribution in [0.2, 0.25) is 10.0 Å². The van der Waals surface area contributed by atoms with Crippen molar-refractivity contribution in [2.75, 3.05) is 12.4 Å². The Bertz CT molecular complexity index is 597. The maximum atomic E-state index is 6.26. The summed E-state index contributed by atoms with van der Waals surface area (Å²) in [5, 5.41) is 4.36. The van der Waals surface area contributed by atoms with E-state index in [1.165, 1.54) is 6.33 Å². The van der Waals surface area contributed by atoms with Crippen molar-refractivity contribution in [3.63, 3.8) is 0 Å². The van der Waals surface area contributed by atoms with E-state index in [1.54, 1.807) is 12.1 Å². The van der Waals surface area contributed by atoms with E-state index in [1.807, 2.05) is 13.1 Å². The summed E-state index contributed by atoms with van der Waals surface area (Å²) in [6, 6.07) is 5.38. The average Bonchev–Trinajstić information content (AvgIpc) is 2.40. The average molecular weight is 296 g/mol. The smallest absolute Gasteiger partial charge is 0.133 e. The molecule has 0 saturated heterocycles. The third-order valence-corrected chi connectivity index (χ3v) is 3.45. The van der Waals surface area contributed by atoms with Gasteiger partial charge in [0.05, 0.1) is 10.7 Å². The highest BCUT2D eigenvalue weighted by Crippen LogP contribution is 2.36. The van der Waals surface area contributed by atoms with Crippen LogP contribution in [0, 0.1) is 0 Å². The van der Waals surface area contributed by atoms with Gasteiger partial charge in [-0.3, -0.25) is 0 Å². The molecule has 19 heavy (non-hydrogen) atoms. The number of nitrogens with one attached hydrogen (secondary N) is 1. The van der Waals surface area contributed by atoms with E-state index in [0.717, 1.165) is 22.6 Å². The normalized spacial score (nSPS) is 10.8. The summed E-state index contributed by atoms with van der Waals surface area (Å²) < 4.78 is 0. The zero-order valence-corrected chi connectivity index (χ0v) is 12.5. The third kappa shape index (κ3) is 2.82. The topological polar surface area (TPSA) is 37.8 Å². The second kappa shape index (κ2) is 5.76. The molecule has 0 aliphatic rings. The molecule has 0 bridgehead atoms. The number of halogens is 2. The molecule has 1 aromatic carbocycles. The molecule has 2 aromatic rings. The summed E-state index contributed by atoms with van der Waals surface area (Å²) >= 11 is 12.3. The summed E-state index contributed by atoms with van der Waals surface area (Å²) in [6.07, 6.45) is 1.53. The van der Waals surface area contributed by atoms with Crippen LogP contribution in [0.15, 0.2) is 24.5 Å². The monoisotopic (exact) mass is 295 g/mol. The van der Waals surface area contributed by atoms with E-state index in [9.17, 15) is 0 Å². The Kier molecular flexibility index (Phi) is 4.27. The van der Waals surface area contributed by atoms with Crippen molar-refractivity contribution >= 4 is 29.0 Å². The number of nitrogens with zero attached hydrogens (tertiary/aromatic N) is 2. The van der Waals surface area contributed by atoms with Crippen LogP contribution in [-0.4, -0.2) is 17.0 Å². The first-order valence-electron chi connectivity index (χ1n) is 6.02. The molecule has 0 fully saturated rings. The molecule has 1 heterocycles. The molecule has 1 aromatic heterocycles. The van der Waals surface area contributed by atoms with E-state index in [-0.39, 0.29) is 5.92 Å². The zero-order chi connectivity index (χ0) is 14.0. The quantitative estimate of drug-likeness (QED) is 0.898. The third-order valence-electron chi connectivity index (χ3n) is 2.88. The Hall–Kier alpha value is -1.32. The summed E-state index contributed by atoms with van der Waals surface area (Å²) in [6.45, 7) is 4.20. The first-order valence-corrected chi connectivity index (χ1v) is 6.78. The number of hydrogen-bond acceptors (Lipinski definition) is 3. The summed E-state index contributed by atoms with van der Waals surface area (Å²) in [5.74, 6) is 1.09. The lowest BCUT2D eigenvalue weighted by Crippen LogP contribution is -2.04. The molecule has 0 aliphatic carbocycles. The molecule has 0 spiro atoms. The lowest BCUT2D eigenvalue weighted by molar-refractivity contribution is 0.852. The van der Waals surface area contributed by atoms with E-state index in [4.69, 9.17) is 23.2 Å². The maximum Gasteiger partial charge on any atom is 0.133 e. The Balaban J connectivity index is 2.71. The number of aromatic nitrogens is 2. The molecule has 0 unspecified atom stereocenters. The molecule has 0 aliphatic heterocycles. The molecule has 5 heteroatoms. The fraction of sp³-hybridized carbons (Fsp3) is 0.286. The second-order valence-electron chi connectivity index (χ2n) is 4.51. The minimum absolute atomic E-state index is 0.272. The van der Waals surface area contributed by atoms with Crippen LogP contribution < -0.4 is 5.32 Å². The highest BCUT2D eigenvalue weighted by molar-refractivity contribution is 6.35. The predicted molar refractivity (Wildman–Crippen MR) is 81.1 cm³/mol. The van der Waals surface area contributed by atoms with Gasteiger partial charge in [-0.2, -0.15) is 0 Å². The van der Waals surface area contributed by atoms with Crippen LogP contribution >= 0.6 is 23.2 Å². The van der Waals surface area contributed by atoms with Crippen molar-refractivity contribution in [3.8, 4) is 11.3 Å². The van der Waals surface area contributed by atoms with Crippen molar-refractivity contribution < 1.29 is 0 Å². The lowest BCUT2D eigenvalue weighted by Gasteiger charge is -2.16. The Labute approximate surface area is 123 Å². The van der Waals surface area contributed by atoms with Crippen LogP contribution in [-0.2, 0) is 0 Å². The van der Waals surface area contributed by atoms with E-state index in [0.29, 0.717) is 10.0 Å². The predicted octanol–water partition coefficient (Wildman–Crippen LogP) is 4.62. The van der Waals surface area contributed by atoms with Crippen LogP contribution in [0.25, 0.3) is 11.3 Å². The SMILES string of the molecule is CNc1ncnc(-c2cc(Cl)ccc2Cl)c1C(C)C. The molecular weight excluding hydrogens is 281 g/mol.